The fourth-order valence-electron chi connectivity index (χ4n) is 3.99. The number of nitrogens with zero attached hydrogens (tertiary/aromatic N) is 3. The van der Waals surface area contributed by atoms with E-state index in [1.807, 2.05) is 60.8 Å². The molecule has 5 N–H and O–H groups in total. The van der Waals surface area contributed by atoms with E-state index < -0.39 is 0 Å². The van der Waals surface area contributed by atoms with Crippen molar-refractivity contribution in [3.05, 3.63) is 97.5 Å². The lowest BCUT2D eigenvalue weighted by Crippen LogP contribution is -2.24. The lowest BCUT2D eigenvalue weighted by molar-refractivity contribution is 0.383. The Kier molecular flexibility index (Phi) is 7.34. The highest BCUT2D eigenvalue weighted by Crippen LogP contribution is 2.35. The van der Waals surface area contributed by atoms with E-state index in [1.165, 1.54) is 6.20 Å². The molecule has 35 heavy (non-hydrogen) atoms. The van der Waals surface area contributed by atoms with Crippen LogP contribution in [0.1, 0.15) is 17.5 Å². The van der Waals surface area contributed by atoms with Gasteiger partial charge in [-0.2, -0.15) is 5.26 Å². The number of pyridine rings is 1. The van der Waals surface area contributed by atoms with Crippen LogP contribution in [0.3, 0.4) is 0 Å². The quantitative estimate of drug-likeness (QED) is 0.255. The number of nitrogens with one attached hydrogen (secondary N) is 3. The predicted molar refractivity (Wildman–Crippen MR) is 144 cm³/mol. The molecule has 1 aromatic heterocycles. The first-order valence-corrected chi connectivity index (χ1v) is 11.5. The third-order valence-electron chi connectivity index (χ3n) is 5.79. The van der Waals surface area contributed by atoms with Crippen molar-refractivity contribution in [1.82, 2.24) is 20.5 Å². The summed E-state index contributed by atoms with van der Waals surface area (Å²) < 4.78 is 0. The Morgan fingerprint density at radius 2 is 2.06 bits per heavy atom. The molecule has 1 aliphatic rings. The number of nitriles is 1. The minimum atomic E-state index is 0.436. The lowest BCUT2D eigenvalue weighted by atomic mass is 9.96. The molecule has 0 spiro atoms. The molecule has 0 saturated carbocycles. The molecule has 0 bridgehead atoms. The Labute approximate surface area is 206 Å². The zero-order valence-corrected chi connectivity index (χ0v) is 19.6. The summed E-state index contributed by atoms with van der Waals surface area (Å²) in [6, 6.07) is 19.8. The Balaban J connectivity index is 1.62. The monoisotopic (exact) mass is 463 g/mol. The second kappa shape index (κ2) is 10.9. The molecule has 7 nitrogen and oxygen atoms in total. The summed E-state index contributed by atoms with van der Waals surface area (Å²) in [5.41, 5.74) is 12.2. The van der Waals surface area contributed by atoms with Gasteiger partial charge in [-0.15, -0.1) is 0 Å². The van der Waals surface area contributed by atoms with Crippen molar-refractivity contribution in [2.24, 2.45) is 0 Å². The van der Waals surface area contributed by atoms with Gasteiger partial charge >= 0.3 is 0 Å². The number of rotatable bonds is 10. The van der Waals surface area contributed by atoms with E-state index in [2.05, 4.69) is 51.3 Å². The minimum absolute atomic E-state index is 0.436. The minimum Gasteiger partial charge on any atom is -0.398 e. The fourth-order valence-corrected chi connectivity index (χ4v) is 3.99. The zero-order chi connectivity index (χ0) is 24.6. The van der Waals surface area contributed by atoms with Gasteiger partial charge in [-0.3, -0.25) is 0 Å². The first kappa shape index (κ1) is 23.5. The van der Waals surface area contributed by atoms with Crippen molar-refractivity contribution in [1.29, 1.82) is 5.26 Å². The third kappa shape index (κ3) is 5.45. The topological polar surface area (TPSA) is 102 Å². The predicted octanol–water partition coefficient (Wildman–Crippen LogP) is 4.71. The number of hydrogen-bond acceptors (Lipinski definition) is 7. The molecule has 3 aromatic rings. The zero-order valence-electron chi connectivity index (χ0n) is 19.6. The van der Waals surface area contributed by atoms with Gasteiger partial charge in [-0.1, -0.05) is 49.6 Å². The Morgan fingerprint density at radius 1 is 1.20 bits per heavy atom. The van der Waals surface area contributed by atoms with Crippen molar-refractivity contribution in [2.75, 3.05) is 30.8 Å². The van der Waals surface area contributed by atoms with Crippen molar-refractivity contribution in [2.45, 2.75) is 6.42 Å². The maximum absolute atomic E-state index is 9.98. The molecule has 0 saturated heterocycles. The maximum Gasteiger partial charge on any atom is 0.149 e. The maximum atomic E-state index is 9.98. The first-order valence-electron chi connectivity index (χ1n) is 11.5. The molecule has 1 aliphatic heterocycles. The van der Waals surface area contributed by atoms with E-state index in [9.17, 15) is 5.26 Å². The highest BCUT2D eigenvalue weighted by molar-refractivity contribution is 5.85. The number of benzene rings is 2. The van der Waals surface area contributed by atoms with Crippen LogP contribution >= 0.6 is 0 Å². The van der Waals surface area contributed by atoms with E-state index in [0.29, 0.717) is 22.8 Å². The van der Waals surface area contributed by atoms with Crippen LogP contribution in [0.4, 0.5) is 11.5 Å². The highest BCUT2D eigenvalue weighted by Gasteiger charge is 2.16. The number of hydrogen-bond donors (Lipinski definition) is 4. The van der Waals surface area contributed by atoms with Crippen LogP contribution in [0.5, 0.6) is 0 Å². The molecule has 0 amide bonds. The number of nitrogen functional groups attached to an aromatic ring is 1. The summed E-state index contributed by atoms with van der Waals surface area (Å²) >= 11 is 0. The first-order chi connectivity index (χ1) is 17.1. The van der Waals surface area contributed by atoms with Gasteiger partial charge in [-0.05, 0) is 41.9 Å². The van der Waals surface area contributed by atoms with E-state index >= 15 is 0 Å². The molecular weight excluding hydrogens is 434 g/mol. The highest BCUT2D eigenvalue weighted by atomic mass is 15.2. The van der Waals surface area contributed by atoms with Crippen LogP contribution in [0.25, 0.3) is 28.1 Å². The van der Waals surface area contributed by atoms with Gasteiger partial charge < -0.3 is 26.6 Å². The second-order valence-electron chi connectivity index (χ2n) is 8.16. The molecule has 0 radical (unpaired) electrons. The summed E-state index contributed by atoms with van der Waals surface area (Å²) in [6.07, 6.45) is 6.53. The Morgan fingerprint density at radius 3 is 2.80 bits per heavy atom. The fraction of sp³-hybridized carbons (Fsp3) is 0.143. The van der Waals surface area contributed by atoms with Gasteiger partial charge in [0.05, 0.1) is 12.4 Å². The number of nitrogens with two attached hydrogens (primary N) is 1. The van der Waals surface area contributed by atoms with Crippen molar-refractivity contribution >= 4 is 17.2 Å². The number of anilines is 2. The summed E-state index contributed by atoms with van der Waals surface area (Å²) in [7, 11) is 0. The van der Waals surface area contributed by atoms with E-state index in [4.69, 9.17) is 5.73 Å². The normalized spacial score (nSPS) is 12.0. The van der Waals surface area contributed by atoms with Crippen molar-refractivity contribution in [3.63, 3.8) is 0 Å². The van der Waals surface area contributed by atoms with Gasteiger partial charge in [-0.25, -0.2) is 4.98 Å². The average molecular weight is 464 g/mol. The van der Waals surface area contributed by atoms with Crippen LogP contribution in [-0.4, -0.2) is 29.6 Å². The Bertz CT molecular complexity index is 1300. The molecule has 2 aromatic carbocycles. The molecule has 176 valence electrons. The standard InChI is InChI=1S/C28H29N7/c1-3-32-28-25(18-29)24(17-27(34-28)23-10-4-5-11-26(23)30)22-9-6-8-21(16-22)20(2)33-12-7-14-35-15-13-31-19-35/h3-6,8-11,13,15-17,31,33H,1-2,7,12,14,19,30H2,(H,32,34). The van der Waals surface area contributed by atoms with Crippen LogP contribution in [-0.2, 0) is 0 Å². The van der Waals surface area contributed by atoms with E-state index in [-0.39, 0.29) is 0 Å². The number of aromatic nitrogens is 1. The van der Waals surface area contributed by atoms with Gasteiger partial charge in [0, 0.05) is 48.0 Å². The molecule has 7 heteroatoms. The summed E-state index contributed by atoms with van der Waals surface area (Å²) in [6.45, 7) is 10.6. The molecular formula is C28H29N7. The molecule has 2 heterocycles. The largest absolute Gasteiger partial charge is 0.398 e. The van der Waals surface area contributed by atoms with Crippen molar-refractivity contribution < 1.29 is 0 Å². The summed E-state index contributed by atoms with van der Waals surface area (Å²) in [5.74, 6) is 0.436. The lowest BCUT2D eigenvalue weighted by Gasteiger charge is -2.16. The molecule has 0 aliphatic carbocycles. The molecule has 0 fully saturated rings. The smallest absolute Gasteiger partial charge is 0.149 e. The molecule has 0 atom stereocenters. The number of para-hydroxylation sites is 1. The van der Waals surface area contributed by atoms with Crippen LogP contribution < -0.4 is 21.7 Å². The van der Waals surface area contributed by atoms with Crippen LogP contribution in [0.2, 0.25) is 0 Å². The van der Waals surface area contributed by atoms with Crippen molar-refractivity contribution in [3.8, 4) is 28.5 Å². The van der Waals surface area contributed by atoms with E-state index in [0.717, 1.165) is 54.1 Å². The van der Waals surface area contributed by atoms with Gasteiger partial charge in [0.1, 0.15) is 17.5 Å². The van der Waals surface area contributed by atoms with Gasteiger partial charge in [0.15, 0.2) is 0 Å². The SMILES string of the molecule is C=CNc1nc(-c2ccccc2N)cc(-c2cccc(C(=C)NCCCN3C=CNC3)c2)c1C#N. The average Bonchev–Trinajstić information content (AvgIpc) is 3.40. The summed E-state index contributed by atoms with van der Waals surface area (Å²) in [5, 5.41) is 19.6. The van der Waals surface area contributed by atoms with E-state index in [1.54, 1.807) is 0 Å². The molecule has 0 unspecified atom stereocenters. The van der Waals surface area contributed by atoms with Gasteiger partial charge in [0.25, 0.3) is 0 Å². The Hall–Kier alpha value is -4.70. The third-order valence-corrected chi connectivity index (χ3v) is 5.79. The van der Waals surface area contributed by atoms with Gasteiger partial charge in [0.2, 0.25) is 0 Å². The van der Waals surface area contributed by atoms with Crippen LogP contribution in [0.15, 0.2) is 86.4 Å². The second-order valence-corrected chi connectivity index (χ2v) is 8.16. The summed E-state index contributed by atoms with van der Waals surface area (Å²) in [4.78, 5) is 6.89. The molecule has 4 rings (SSSR count). The van der Waals surface area contributed by atoms with Crippen LogP contribution in [0, 0.1) is 11.3 Å².